The summed E-state index contributed by atoms with van der Waals surface area (Å²) in [4.78, 5) is 23.5. The van der Waals surface area contributed by atoms with E-state index in [0.717, 1.165) is 39.1 Å². The summed E-state index contributed by atoms with van der Waals surface area (Å²) in [6.07, 6.45) is -0.121. The molecule has 1 aliphatic heterocycles. The van der Waals surface area contributed by atoms with E-state index in [0.29, 0.717) is 18.7 Å². The number of nitrogens with one attached hydrogen (secondary N) is 2. The number of esters is 1. The number of hydrogen-bond donors (Lipinski definition) is 4. The smallest absolute Gasteiger partial charge is 0.325 e. The largest absolute Gasteiger partial charge is 0.465 e. The maximum absolute atomic E-state index is 12.1. The lowest BCUT2D eigenvalue weighted by Crippen LogP contribution is -2.38. The number of ether oxygens (including phenoxy) is 3. The summed E-state index contributed by atoms with van der Waals surface area (Å²) in [7, 11) is 0. The molecule has 0 saturated carbocycles. The molecule has 10 heteroatoms. The van der Waals surface area contributed by atoms with E-state index in [1.54, 1.807) is 18.7 Å². The van der Waals surface area contributed by atoms with Gasteiger partial charge in [0.1, 0.15) is 6.54 Å². The Hall–Kier alpha value is -3.41. The van der Waals surface area contributed by atoms with Crippen LogP contribution >= 0.6 is 11.8 Å². The Morgan fingerprint density at radius 3 is 2.43 bits per heavy atom. The monoisotopic (exact) mass is 594 g/mol. The minimum absolute atomic E-state index is 0.00923. The Morgan fingerprint density at radius 2 is 1.69 bits per heavy atom. The van der Waals surface area contributed by atoms with Gasteiger partial charge in [-0.05, 0) is 46.9 Å². The van der Waals surface area contributed by atoms with Crippen LogP contribution in [-0.4, -0.2) is 59.6 Å². The second-order valence-corrected chi connectivity index (χ2v) is 11.0. The lowest BCUT2D eigenvalue weighted by Gasteiger charge is -2.36. The van der Waals surface area contributed by atoms with Crippen molar-refractivity contribution in [3.05, 3.63) is 95.1 Å². The summed E-state index contributed by atoms with van der Waals surface area (Å²) in [5, 5.41) is 23.9. The Bertz CT molecular complexity index is 1300. The molecule has 1 saturated heterocycles. The molecule has 4 rings (SSSR count). The fraction of sp³-hybridized carbons (Fsp3) is 0.375. The number of amides is 2. The predicted octanol–water partition coefficient (Wildman–Crippen LogP) is 4.48. The summed E-state index contributed by atoms with van der Waals surface area (Å²) in [6.45, 7) is 2.19. The van der Waals surface area contributed by atoms with Crippen LogP contribution in [0.25, 0.3) is 11.1 Å². The molecule has 3 aromatic carbocycles. The zero-order valence-electron chi connectivity index (χ0n) is 23.7. The first-order valence-electron chi connectivity index (χ1n) is 14.0. The van der Waals surface area contributed by atoms with E-state index in [2.05, 4.69) is 16.7 Å². The Balaban J connectivity index is 1.46. The third kappa shape index (κ3) is 9.30. The lowest BCUT2D eigenvalue weighted by molar-refractivity contribution is -0.245. The highest BCUT2D eigenvalue weighted by Crippen LogP contribution is 2.39. The topological polar surface area (TPSA) is 126 Å². The molecule has 1 aliphatic rings. The first-order valence-corrected chi connectivity index (χ1v) is 15.2. The molecule has 224 valence electrons. The highest BCUT2D eigenvalue weighted by molar-refractivity contribution is 7.99. The molecule has 4 N–H and O–H groups in total. The van der Waals surface area contributed by atoms with Gasteiger partial charge in [-0.1, -0.05) is 60.7 Å². The molecule has 1 heterocycles. The van der Waals surface area contributed by atoms with Gasteiger partial charge < -0.3 is 35.1 Å². The number of rotatable bonds is 13. The van der Waals surface area contributed by atoms with Crippen LogP contribution in [0, 0.1) is 0 Å². The quantitative estimate of drug-likeness (QED) is 0.169. The van der Waals surface area contributed by atoms with E-state index in [9.17, 15) is 19.8 Å². The minimum Gasteiger partial charge on any atom is -0.465 e. The van der Waals surface area contributed by atoms with Crippen LogP contribution in [-0.2, 0) is 32.2 Å². The number of aliphatic hydroxyl groups is 2. The normalized spacial score (nSPS) is 18.3. The van der Waals surface area contributed by atoms with Gasteiger partial charge in [0.2, 0.25) is 0 Å². The zero-order valence-corrected chi connectivity index (χ0v) is 24.5. The molecule has 2 amide bonds. The first-order chi connectivity index (χ1) is 20.5. The van der Waals surface area contributed by atoms with Crippen molar-refractivity contribution in [3.8, 4) is 11.1 Å². The van der Waals surface area contributed by atoms with Crippen LogP contribution in [0.5, 0.6) is 0 Å². The van der Waals surface area contributed by atoms with E-state index in [-0.39, 0.29) is 38.6 Å². The van der Waals surface area contributed by atoms with E-state index < -0.39 is 18.3 Å². The number of aliphatic hydroxyl groups excluding tert-OH is 2. The van der Waals surface area contributed by atoms with Gasteiger partial charge in [0, 0.05) is 30.0 Å². The van der Waals surface area contributed by atoms with Gasteiger partial charge in [0.15, 0.2) is 6.29 Å². The summed E-state index contributed by atoms with van der Waals surface area (Å²) in [6, 6.07) is 23.3. The molecule has 3 atom stereocenters. The number of benzene rings is 3. The second-order valence-electron chi connectivity index (χ2n) is 9.82. The van der Waals surface area contributed by atoms with Gasteiger partial charge in [-0.15, -0.1) is 0 Å². The van der Waals surface area contributed by atoms with Crippen LogP contribution in [0.3, 0.4) is 0 Å². The van der Waals surface area contributed by atoms with Crippen LogP contribution in [0.15, 0.2) is 72.8 Å². The third-order valence-corrected chi connectivity index (χ3v) is 7.80. The van der Waals surface area contributed by atoms with E-state index in [4.69, 9.17) is 14.2 Å². The standard InChI is InChI=1S/C32H38N2O7S/c1-2-39-30(37)19-34-32(38)33-18-23-5-3-6-25(15-23)26-7-4-8-27(16-26)31-40-28(21-42-14-13-35)17-29(41-31)24-11-9-22(20-36)10-12-24/h3-12,15-16,28-29,31,35-36H,2,13-14,17-21H2,1H3,(H2,33,34,38)/t28-,29+,31+/m1/s1. The number of carbonyl (C=O) groups is 2. The van der Waals surface area contributed by atoms with Crippen molar-refractivity contribution < 1.29 is 34.0 Å². The fourth-order valence-corrected chi connectivity index (χ4v) is 5.41. The van der Waals surface area contributed by atoms with Crippen molar-refractivity contribution in [3.63, 3.8) is 0 Å². The van der Waals surface area contributed by atoms with Crippen LogP contribution in [0.4, 0.5) is 4.79 Å². The Morgan fingerprint density at radius 1 is 0.929 bits per heavy atom. The molecule has 0 radical (unpaired) electrons. The van der Waals surface area contributed by atoms with Crippen molar-refractivity contribution in [1.82, 2.24) is 10.6 Å². The van der Waals surface area contributed by atoms with Crippen molar-refractivity contribution in [1.29, 1.82) is 0 Å². The van der Waals surface area contributed by atoms with Crippen LogP contribution in [0.1, 0.15) is 48.0 Å². The van der Waals surface area contributed by atoms with Gasteiger partial charge in [0.05, 0.1) is 32.0 Å². The summed E-state index contributed by atoms with van der Waals surface area (Å²) < 4.78 is 17.7. The molecule has 0 aromatic heterocycles. The van der Waals surface area contributed by atoms with E-state index in [1.807, 2.05) is 66.7 Å². The second kappa shape index (κ2) is 16.3. The third-order valence-electron chi connectivity index (χ3n) is 6.73. The van der Waals surface area contributed by atoms with Crippen molar-refractivity contribution >= 4 is 23.8 Å². The lowest BCUT2D eigenvalue weighted by atomic mass is 9.99. The van der Waals surface area contributed by atoms with E-state index in [1.165, 1.54) is 0 Å². The molecular weight excluding hydrogens is 556 g/mol. The zero-order chi connectivity index (χ0) is 29.7. The summed E-state index contributed by atoms with van der Waals surface area (Å²) in [5.41, 5.74) is 5.63. The maximum atomic E-state index is 12.1. The average molecular weight is 595 g/mol. The van der Waals surface area contributed by atoms with E-state index >= 15 is 0 Å². The SMILES string of the molecule is CCOC(=O)CNC(=O)NCc1cccc(-c2cccc([C@H]3O[C@@H](CSCCO)C[C@@H](c4ccc(CO)cc4)O3)c2)c1. The molecule has 0 bridgehead atoms. The van der Waals surface area contributed by atoms with Crippen LogP contribution in [0.2, 0.25) is 0 Å². The fourth-order valence-electron chi connectivity index (χ4n) is 4.64. The minimum atomic E-state index is -0.575. The highest BCUT2D eigenvalue weighted by Gasteiger charge is 2.32. The van der Waals surface area contributed by atoms with Gasteiger partial charge in [0.25, 0.3) is 0 Å². The van der Waals surface area contributed by atoms with Crippen molar-refractivity contribution in [2.45, 2.75) is 45.0 Å². The van der Waals surface area contributed by atoms with Gasteiger partial charge >= 0.3 is 12.0 Å². The van der Waals surface area contributed by atoms with Gasteiger partial charge in [-0.25, -0.2) is 4.79 Å². The highest BCUT2D eigenvalue weighted by atomic mass is 32.2. The maximum Gasteiger partial charge on any atom is 0.325 e. The molecule has 1 fully saturated rings. The molecular formula is C32H38N2O7S. The summed E-state index contributed by atoms with van der Waals surface area (Å²) >= 11 is 1.65. The molecule has 3 aromatic rings. The number of carbonyl (C=O) groups excluding carboxylic acids is 2. The number of thioether (sulfide) groups is 1. The molecule has 0 unspecified atom stereocenters. The predicted molar refractivity (Wildman–Crippen MR) is 162 cm³/mol. The number of urea groups is 1. The molecule has 0 aliphatic carbocycles. The first kappa shape index (κ1) is 31.5. The van der Waals surface area contributed by atoms with Gasteiger partial charge in [-0.2, -0.15) is 11.8 Å². The molecule has 9 nitrogen and oxygen atoms in total. The molecule has 42 heavy (non-hydrogen) atoms. The Kier molecular flexibility index (Phi) is 12.2. The average Bonchev–Trinajstić information content (AvgIpc) is 3.03. The van der Waals surface area contributed by atoms with Crippen molar-refractivity contribution in [2.75, 3.05) is 31.3 Å². The van der Waals surface area contributed by atoms with Gasteiger partial charge in [-0.3, -0.25) is 4.79 Å². The van der Waals surface area contributed by atoms with Crippen molar-refractivity contribution in [2.24, 2.45) is 0 Å². The summed E-state index contributed by atoms with van der Waals surface area (Å²) in [5.74, 6) is 0.907. The Labute approximate surface area is 250 Å². The van der Waals surface area contributed by atoms with Crippen LogP contribution < -0.4 is 10.6 Å². The molecule has 0 spiro atoms. The number of hydrogen-bond acceptors (Lipinski definition) is 8.